The number of nitrogens with one attached hydrogen (secondary N) is 3. The Bertz CT molecular complexity index is 994. The van der Waals surface area contributed by atoms with Gasteiger partial charge in [0, 0.05) is 28.4 Å². The number of anilines is 1. The van der Waals surface area contributed by atoms with Crippen LogP contribution in [-0.4, -0.2) is 15.9 Å². The monoisotopic (exact) mass is 289 g/mol. The molecule has 4 heteroatoms. The van der Waals surface area contributed by atoms with Crippen molar-refractivity contribution in [1.82, 2.24) is 9.97 Å². The van der Waals surface area contributed by atoms with Gasteiger partial charge in [-0.1, -0.05) is 18.2 Å². The molecule has 108 valence electrons. The van der Waals surface area contributed by atoms with E-state index in [0.29, 0.717) is 5.56 Å². The van der Waals surface area contributed by atoms with Gasteiger partial charge in [0.15, 0.2) is 0 Å². The van der Waals surface area contributed by atoms with E-state index in [-0.39, 0.29) is 5.91 Å². The summed E-state index contributed by atoms with van der Waals surface area (Å²) < 4.78 is 0. The van der Waals surface area contributed by atoms with Crippen molar-refractivity contribution in [2.24, 2.45) is 0 Å². The molecule has 4 nitrogen and oxygen atoms in total. The van der Waals surface area contributed by atoms with Crippen molar-refractivity contribution in [2.75, 3.05) is 5.32 Å². The van der Waals surface area contributed by atoms with E-state index in [9.17, 15) is 4.79 Å². The summed E-state index contributed by atoms with van der Waals surface area (Å²) in [5.74, 6) is -0.115. The molecular formula is C18H15N3O. The number of hydrogen-bond acceptors (Lipinski definition) is 1. The summed E-state index contributed by atoms with van der Waals surface area (Å²) in [6.07, 6.45) is 1.87. The smallest absolute Gasteiger partial charge is 0.255 e. The van der Waals surface area contributed by atoms with E-state index in [4.69, 9.17) is 0 Å². The van der Waals surface area contributed by atoms with Gasteiger partial charge >= 0.3 is 0 Å². The molecule has 4 aromatic rings. The first kappa shape index (κ1) is 12.7. The summed E-state index contributed by atoms with van der Waals surface area (Å²) in [6.45, 7) is 2.00. The third-order valence-electron chi connectivity index (χ3n) is 3.86. The van der Waals surface area contributed by atoms with Crippen LogP contribution in [0.2, 0.25) is 0 Å². The normalized spacial score (nSPS) is 11.1. The summed E-state index contributed by atoms with van der Waals surface area (Å²) in [6, 6.07) is 15.6. The molecule has 0 aliphatic rings. The molecule has 3 N–H and O–H groups in total. The van der Waals surface area contributed by atoms with Gasteiger partial charge in [0.25, 0.3) is 5.91 Å². The van der Waals surface area contributed by atoms with E-state index in [1.807, 2.05) is 55.6 Å². The number of hydrogen-bond donors (Lipinski definition) is 3. The predicted molar refractivity (Wildman–Crippen MR) is 89.3 cm³/mol. The highest BCUT2D eigenvalue weighted by Gasteiger charge is 2.10. The summed E-state index contributed by atoms with van der Waals surface area (Å²) in [4.78, 5) is 18.9. The van der Waals surface area contributed by atoms with Crippen LogP contribution in [0.25, 0.3) is 21.8 Å². The number of aryl methyl sites for hydroxylation is 1. The molecule has 0 saturated carbocycles. The Morgan fingerprint density at radius 2 is 1.95 bits per heavy atom. The Morgan fingerprint density at radius 1 is 1.05 bits per heavy atom. The minimum absolute atomic E-state index is 0.115. The maximum atomic E-state index is 12.5. The van der Waals surface area contributed by atoms with Gasteiger partial charge in [0.05, 0.1) is 11.2 Å². The second-order valence-corrected chi connectivity index (χ2v) is 5.46. The van der Waals surface area contributed by atoms with Crippen LogP contribution < -0.4 is 5.32 Å². The first-order chi connectivity index (χ1) is 10.7. The van der Waals surface area contributed by atoms with Crippen molar-refractivity contribution >= 4 is 33.4 Å². The summed E-state index contributed by atoms with van der Waals surface area (Å²) >= 11 is 0. The Labute approximate surface area is 127 Å². The lowest BCUT2D eigenvalue weighted by molar-refractivity contribution is 0.102. The fourth-order valence-electron chi connectivity index (χ4n) is 2.78. The predicted octanol–water partition coefficient (Wildman–Crippen LogP) is 4.21. The number of para-hydroxylation sites is 1. The highest BCUT2D eigenvalue weighted by molar-refractivity contribution is 6.09. The van der Waals surface area contributed by atoms with Crippen molar-refractivity contribution < 1.29 is 4.79 Å². The van der Waals surface area contributed by atoms with E-state index >= 15 is 0 Å². The average molecular weight is 289 g/mol. The number of H-pyrrole nitrogens is 2. The number of aromatic amines is 2. The summed E-state index contributed by atoms with van der Waals surface area (Å²) in [5.41, 5.74) is 4.41. The molecule has 1 amide bonds. The molecular weight excluding hydrogens is 274 g/mol. The lowest BCUT2D eigenvalue weighted by Crippen LogP contribution is -2.12. The summed E-state index contributed by atoms with van der Waals surface area (Å²) in [7, 11) is 0. The Hall–Kier alpha value is -3.01. The van der Waals surface area contributed by atoms with Gasteiger partial charge in [0.1, 0.15) is 0 Å². The first-order valence-corrected chi connectivity index (χ1v) is 7.17. The fourth-order valence-corrected chi connectivity index (χ4v) is 2.78. The molecule has 0 aliphatic carbocycles. The van der Waals surface area contributed by atoms with Crippen LogP contribution in [0.5, 0.6) is 0 Å². The maximum Gasteiger partial charge on any atom is 0.255 e. The number of benzene rings is 2. The Kier molecular flexibility index (Phi) is 2.76. The van der Waals surface area contributed by atoms with E-state index in [0.717, 1.165) is 33.2 Å². The van der Waals surface area contributed by atoms with Crippen molar-refractivity contribution in [3.63, 3.8) is 0 Å². The first-order valence-electron chi connectivity index (χ1n) is 7.17. The minimum Gasteiger partial charge on any atom is -0.361 e. The van der Waals surface area contributed by atoms with Crippen LogP contribution in [0, 0.1) is 6.92 Å². The van der Waals surface area contributed by atoms with E-state index < -0.39 is 0 Å². The molecule has 0 radical (unpaired) electrons. The third-order valence-corrected chi connectivity index (χ3v) is 3.86. The molecule has 0 bridgehead atoms. The highest BCUT2D eigenvalue weighted by Crippen LogP contribution is 2.24. The zero-order valence-electron chi connectivity index (χ0n) is 12.1. The van der Waals surface area contributed by atoms with Crippen molar-refractivity contribution in [3.8, 4) is 0 Å². The quantitative estimate of drug-likeness (QED) is 0.508. The maximum absolute atomic E-state index is 12.5. The second kappa shape index (κ2) is 4.77. The average Bonchev–Trinajstić information content (AvgIpc) is 3.12. The van der Waals surface area contributed by atoms with Crippen LogP contribution in [-0.2, 0) is 0 Å². The molecule has 0 spiro atoms. The topological polar surface area (TPSA) is 60.7 Å². The van der Waals surface area contributed by atoms with Gasteiger partial charge in [0.2, 0.25) is 0 Å². The molecule has 4 rings (SSSR count). The minimum atomic E-state index is -0.115. The van der Waals surface area contributed by atoms with E-state index in [1.54, 1.807) is 0 Å². The standard InChI is InChI=1S/C18H15N3O/c1-11-9-13-3-2-4-15(17(13)20-11)21-18(22)14-6-5-12-7-8-19-16(12)10-14/h2-10,19-20H,1H3,(H,21,22). The number of carbonyl (C=O) groups excluding carboxylic acids is 1. The molecule has 2 aromatic heterocycles. The second-order valence-electron chi connectivity index (χ2n) is 5.46. The molecule has 22 heavy (non-hydrogen) atoms. The van der Waals surface area contributed by atoms with Crippen molar-refractivity contribution in [2.45, 2.75) is 6.92 Å². The van der Waals surface area contributed by atoms with Crippen LogP contribution in [0.3, 0.4) is 0 Å². The molecule has 0 saturated heterocycles. The molecule has 2 aromatic carbocycles. The zero-order valence-corrected chi connectivity index (χ0v) is 12.1. The Balaban J connectivity index is 1.70. The van der Waals surface area contributed by atoms with Crippen LogP contribution in [0.4, 0.5) is 5.69 Å². The number of aromatic nitrogens is 2. The van der Waals surface area contributed by atoms with Crippen molar-refractivity contribution in [1.29, 1.82) is 0 Å². The number of carbonyl (C=O) groups is 1. The lowest BCUT2D eigenvalue weighted by atomic mass is 10.1. The lowest BCUT2D eigenvalue weighted by Gasteiger charge is -2.07. The van der Waals surface area contributed by atoms with Crippen LogP contribution >= 0.6 is 0 Å². The SMILES string of the molecule is Cc1cc2cccc(NC(=O)c3ccc4cc[nH]c4c3)c2[nH]1. The van der Waals surface area contributed by atoms with Gasteiger partial charge < -0.3 is 15.3 Å². The van der Waals surface area contributed by atoms with Gasteiger partial charge in [-0.3, -0.25) is 4.79 Å². The van der Waals surface area contributed by atoms with E-state index in [1.165, 1.54) is 0 Å². The molecule has 0 aliphatic heterocycles. The number of fused-ring (bicyclic) bond motifs is 2. The zero-order chi connectivity index (χ0) is 15.1. The molecule has 0 atom stereocenters. The third kappa shape index (κ3) is 2.05. The van der Waals surface area contributed by atoms with Gasteiger partial charge in [-0.25, -0.2) is 0 Å². The van der Waals surface area contributed by atoms with Crippen molar-refractivity contribution in [3.05, 3.63) is 66.0 Å². The number of rotatable bonds is 2. The van der Waals surface area contributed by atoms with Gasteiger partial charge in [-0.15, -0.1) is 0 Å². The van der Waals surface area contributed by atoms with E-state index in [2.05, 4.69) is 21.4 Å². The molecule has 0 unspecified atom stereocenters. The molecule has 2 heterocycles. The fraction of sp³-hybridized carbons (Fsp3) is 0.0556. The van der Waals surface area contributed by atoms with Crippen LogP contribution in [0.1, 0.15) is 16.1 Å². The van der Waals surface area contributed by atoms with Crippen LogP contribution in [0.15, 0.2) is 54.7 Å². The molecule has 0 fully saturated rings. The highest BCUT2D eigenvalue weighted by atomic mass is 16.1. The van der Waals surface area contributed by atoms with Gasteiger partial charge in [-0.05, 0) is 42.6 Å². The largest absolute Gasteiger partial charge is 0.361 e. The Morgan fingerprint density at radius 3 is 2.86 bits per heavy atom. The van der Waals surface area contributed by atoms with Gasteiger partial charge in [-0.2, -0.15) is 0 Å². The number of amides is 1. The summed E-state index contributed by atoms with van der Waals surface area (Å²) in [5, 5.41) is 5.18.